The summed E-state index contributed by atoms with van der Waals surface area (Å²) in [6.45, 7) is 9.55. The molecule has 3 N–H and O–H groups in total. The van der Waals surface area contributed by atoms with E-state index in [0.29, 0.717) is 30.6 Å². The van der Waals surface area contributed by atoms with E-state index in [-0.39, 0.29) is 17.7 Å². The van der Waals surface area contributed by atoms with Crippen LogP contribution in [0.1, 0.15) is 49.5 Å². The standard InChI is InChI=1S/C19H29N3O2/c1-12(2)14(4)21-17-9-5-8-16(13(17)3)19(24)22-10-6-7-15(11-22)18(20)23/h5,8-9,12,14-15,21H,6-7,10-11H2,1-4H3,(H2,20,23)/t14-,15-/m0/s1. The van der Waals surface area contributed by atoms with Crippen LogP contribution < -0.4 is 11.1 Å². The number of nitrogens with zero attached hydrogens (tertiary/aromatic N) is 1. The fourth-order valence-corrected chi connectivity index (χ4v) is 3.00. The van der Waals surface area contributed by atoms with E-state index in [4.69, 9.17) is 5.73 Å². The van der Waals surface area contributed by atoms with Crippen LogP contribution in [0.3, 0.4) is 0 Å². The third-order valence-electron chi connectivity index (χ3n) is 5.06. The number of hydrogen-bond acceptors (Lipinski definition) is 3. The van der Waals surface area contributed by atoms with Crippen molar-refractivity contribution in [2.45, 2.75) is 46.6 Å². The molecule has 1 heterocycles. The predicted octanol–water partition coefficient (Wildman–Crippen LogP) is 2.79. The lowest BCUT2D eigenvalue weighted by atomic mass is 9.96. The van der Waals surface area contributed by atoms with Crippen LogP contribution in [0.25, 0.3) is 0 Å². The van der Waals surface area contributed by atoms with Gasteiger partial charge in [-0.25, -0.2) is 0 Å². The summed E-state index contributed by atoms with van der Waals surface area (Å²) in [6, 6.07) is 6.10. The average molecular weight is 331 g/mol. The summed E-state index contributed by atoms with van der Waals surface area (Å²) in [4.78, 5) is 26.1. The lowest BCUT2D eigenvalue weighted by molar-refractivity contribution is -0.123. The average Bonchev–Trinajstić information content (AvgIpc) is 2.56. The molecule has 0 aliphatic carbocycles. The molecule has 5 heteroatoms. The topological polar surface area (TPSA) is 75.4 Å². The molecule has 2 amide bonds. The van der Waals surface area contributed by atoms with E-state index >= 15 is 0 Å². The summed E-state index contributed by atoms with van der Waals surface area (Å²) in [5.74, 6) is -0.0582. The Morgan fingerprint density at radius 2 is 2.00 bits per heavy atom. The van der Waals surface area contributed by atoms with Gasteiger partial charge in [-0.3, -0.25) is 9.59 Å². The molecule has 1 aliphatic rings. The molecule has 2 atom stereocenters. The zero-order valence-corrected chi connectivity index (χ0v) is 15.1. The van der Waals surface area contributed by atoms with E-state index < -0.39 is 0 Å². The largest absolute Gasteiger partial charge is 0.382 e. The van der Waals surface area contributed by atoms with Crippen molar-refractivity contribution in [3.8, 4) is 0 Å². The first-order valence-corrected chi connectivity index (χ1v) is 8.76. The molecule has 132 valence electrons. The fourth-order valence-electron chi connectivity index (χ4n) is 3.00. The minimum Gasteiger partial charge on any atom is -0.382 e. The van der Waals surface area contributed by atoms with Crippen molar-refractivity contribution in [1.29, 1.82) is 0 Å². The van der Waals surface area contributed by atoms with Crippen LogP contribution in [0.15, 0.2) is 18.2 Å². The smallest absolute Gasteiger partial charge is 0.254 e. The maximum absolute atomic E-state index is 12.9. The molecule has 0 saturated carbocycles. The van der Waals surface area contributed by atoms with E-state index in [1.54, 1.807) is 4.90 Å². The van der Waals surface area contributed by atoms with Crippen LogP contribution >= 0.6 is 0 Å². The summed E-state index contributed by atoms with van der Waals surface area (Å²) in [6.07, 6.45) is 1.59. The van der Waals surface area contributed by atoms with Gasteiger partial charge in [-0.05, 0) is 50.3 Å². The first-order valence-electron chi connectivity index (χ1n) is 8.76. The van der Waals surface area contributed by atoms with Crippen molar-refractivity contribution >= 4 is 17.5 Å². The molecule has 0 spiro atoms. The Labute approximate surface area is 144 Å². The van der Waals surface area contributed by atoms with Gasteiger partial charge in [0.2, 0.25) is 5.91 Å². The first-order chi connectivity index (χ1) is 11.3. The van der Waals surface area contributed by atoms with Crippen molar-refractivity contribution in [1.82, 2.24) is 4.90 Å². The number of benzene rings is 1. The molecule has 5 nitrogen and oxygen atoms in total. The number of piperidine rings is 1. The van der Waals surface area contributed by atoms with Gasteiger partial charge < -0.3 is 16.0 Å². The van der Waals surface area contributed by atoms with Gasteiger partial charge in [0, 0.05) is 30.4 Å². The van der Waals surface area contributed by atoms with Crippen molar-refractivity contribution in [3.63, 3.8) is 0 Å². The second-order valence-corrected chi connectivity index (χ2v) is 7.15. The van der Waals surface area contributed by atoms with Crippen molar-refractivity contribution in [3.05, 3.63) is 29.3 Å². The zero-order chi connectivity index (χ0) is 17.9. The normalized spacial score (nSPS) is 19.2. The number of rotatable bonds is 5. The molecule has 0 unspecified atom stereocenters. The maximum Gasteiger partial charge on any atom is 0.254 e. The molecule has 2 rings (SSSR count). The summed E-state index contributed by atoms with van der Waals surface area (Å²) in [7, 11) is 0. The highest BCUT2D eigenvalue weighted by atomic mass is 16.2. The van der Waals surface area contributed by atoms with Crippen molar-refractivity contribution in [2.24, 2.45) is 17.6 Å². The number of amides is 2. The van der Waals surface area contributed by atoms with E-state index in [2.05, 4.69) is 26.1 Å². The minimum absolute atomic E-state index is 0.0145. The van der Waals surface area contributed by atoms with Gasteiger partial charge in [0.1, 0.15) is 0 Å². The molecule has 0 bridgehead atoms. The molecular weight excluding hydrogens is 302 g/mol. The Hall–Kier alpha value is -2.04. The number of hydrogen-bond donors (Lipinski definition) is 2. The second-order valence-electron chi connectivity index (χ2n) is 7.15. The number of anilines is 1. The predicted molar refractivity (Wildman–Crippen MR) is 96.9 cm³/mol. The van der Waals surface area contributed by atoms with Crippen LogP contribution in [0.5, 0.6) is 0 Å². The van der Waals surface area contributed by atoms with E-state index in [1.807, 2.05) is 25.1 Å². The highest BCUT2D eigenvalue weighted by molar-refractivity contribution is 5.97. The molecule has 1 saturated heterocycles. The Balaban J connectivity index is 2.19. The van der Waals surface area contributed by atoms with E-state index in [0.717, 1.165) is 24.1 Å². The molecule has 24 heavy (non-hydrogen) atoms. The Bertz CT molecular complexity index is 613. The Morgan fingerprint density at radius 3 is 2.62 bits per heavy atom. The van der Waals surface area contributed by atoms with Crippen LogP contribution in [0.4, 0.5) is 5.69 Å². The van der Waals surface area contributed by atoms with Gasteiger partial charge >= 0.3 is 0 Å². The molecule has 0 aromatic heterocycles. The van der Waals surface area contributed by atoms with Gasteiger partial charge in [-0.15, -0.1) is 0 Å². The number of primary amides is 1. The molecule has 0 radical (unpaired) electrons. The third kappa shape index (κ3) is 4.08. The second kappa shape index (κ2) is 7.69. The molecule has 1 aromatic carbocycles. The molecular formula is C19H29N3O2. The van der Waals surface area contributed by atoms with Crippen molar-refractivity contribution < 1.29 is 9.59 Å². The Kier molecular flexibility index (Phi) is 5.86. The van der Waals surface area contributed by atoms with Crippen molar-refractivity contribution in [2.75, 3.05) is 18.4 Å². The van der Waals surface area contributed by atoms with Crippen LogP contribution in [0.2, 0.25) is 0 Å². The van der Waals surface area contributed by atoms with Gasteiger partial charge in [-0.2, -0.15) is 0 Å². The number of carbonyl (C=O) groups excluding carboxylic acids is 2. The van der Waals surface area contributed by atoms with Crippen LogP contribution in [0, 0.1) is 18.8 Å². The quantitative estimate of drug-likeness (QED) is 0.871. The highest BCUT2D eigenvalue weighted by Crippen LogP contribution is 2.24. The lowest BCUT2D eigenvalue weighted by Crippen LogP contribution is -2.44. The molecule has 1 aliphatic heterocycles. The summed E-state index contributed by atoms with van der Waals surface area (Å²) >= 11 is 0. The maximum atomic E-state index is 12.9. The summed E-state index contributed by atoms with van der Waals surface area (Å²) in [5.41, 5.74) is 8.06. The summed E-state index contributed by atoms with van der Waals surface area (Å²) < 4.78 is 0. The SMILES string of the molecule is Cc1c(N[C@@H](C)C(C)C)cccc1C(=O)N1CCC[C@H](C(N)=O)C1. The number of nitrogens with one attached hydrogen (secondary N) is 1. The molecule has 1 fully saturated rings. The van der Waals surface area contributed by atoms with Gasteiger partial charge in [-0.1, -0.05) is 19.9 Å². The summed E-state index contributed by atoms with van der Waals surface area (Å²) in [5, 5.41) is 3.49. The van der Waals surface area contributed by atoms with Gasteiger partial charge in [0.15, 0.2) is 0 Å². The Morgan fingerprint density at radius 1 is 1.29 bits per heavy atom. The first kappa shape index (κ1) is 18.3. The molecule has 1 aromatic rings. The van der Waals surface area contributed by atoms with E-state index in [1.165, 1.54) is 0 Å². The highest BCUT2D eigenvalue weighted by Gasteiger charge is 2.28. The third-order valence-corrected chi connectivity index (χ3v) is 5.06. The number of nitrogens with two attached hydrogens (primary N) is 1. The number of likely N-dealkylation sites (tertiary alicyclic amines) is 1. The lowest BCUT2D eigenvalue weighted by Gasteiger charge is -2.32. The monoisotopic (exact) mass is 331 g/mol. The van der Waals surface area contributed by atoms with Gasteiger partial charge in [0.05, 0.1) is 5.92 Å². The van der Waals surface area contributed by atoms with Crippen LogP contribution in [-0.4, -0.2) is 35.8 Å². The fraction of sp³-hybridized carbons (Fsp3) is 0.579. The van der Waals surface area contributed by atoms with E-state index in [9.17, 15) is 9.59 Å². The zero-order valence-electron chi connectivity index (χ0n) is 15.1. The van der Waals surface area contributed by atoms with Crippen LogP contribution in [-0.2, 0) is 4.79 Å². The minimum atomic E-state index is -0.314. The number of carbonyl (C=O) groups is 2. The van der Waals surface area contributed by atoms with Gasteiger partial charge in [0.25, 0.3) is 5.91 Å².